The van der Waals surface area contributed by atoms with Crippen LogP contribution in [0.2, 0.25) is 5.28 Å². The van der Waals surface area contributed by atoms with Gasteiger partial charge in [-0.2, -0.15) is 20.2 Å². The van der Waals surface area contributed by atoms with E-state index in [1.165, 1.54) is 0 Å². The van der Waals surface area contributed by atoms with Crippen LogP contribution >= 0.6 is 11.6 Å². The van der Waals surface area contributed by atoms with Crippen LogP contribution in [0.4, 0.5) is 5.95 Å². The van der Waals surface area contributed by atoms with Crippen LogP contribution in [0.5, 0.6) is 6.01 Å². The fraction of sp³-hybridized carbons (Fsp3) is 0.286. The quantitative estimate of drug-likeness (QED) is 0.914. The second-order valence-electron chi connectivity index (χ2n) is 4.24. The molecule has 0 aliphatic carbocycles. The lowest BCUT2D eigenvalue weighted by molar-refractivity contribution is 0.312. The summed E-state index contributed by atoms with van der Waals surface area (Å²) in [5.41, 5.74) is 1.62. The molecule has 1 heterocycles. The maximum Gasteiger partial charge on any atom is 0.322 e. The number of benzene rings is 1. The first-order chi connectivity index (χ1) is 10.1. The normalized spacial score (nSPS) is 11.5. The first kappa shape index (κ1) is 15.0. The number of ether oxygens (including phenoxy) is 1. The number of nitriles is 1. The zero-order valence-electron chi connectivity index (χ0n) is 11.7. The van der Waals surface area contributed by atoms with Crippen LogP contribution < -0.4 is 10.1 Å². The summed E-state index contributed by atoms with van der Waals surface area (Å²) in [6.45, 7) is 4.24. The number of nitrogens with zero attached hydrogens (tertiary/aromatic N) is 4. The van der Waals surface area contributed by atoms with E-state index < -0.39 is 0 Å². The molecule has 0 aliphatic rings. The van der Waals surface area contributed by atoms with E-state index in [4.69, 9.17) is 21.6 Å². The molecule has 0 saturated carbocycles. The Morgan fingerprint density at radius 3 is 2.62 bits per heavy atom. The van der Waals surface area contributed by atoms with Crippen molar-refractivity contribution in [2.24, 2.45) is 0 Å². The first-order valence-corrected chi connectivity index (χ1v) is 6.81. The smallest absolute Gasteiger partial charge is 0.322 e. The van der Waals surface area contributed by atoms with Gasteiger partial charge in [-0.15, -0.1) is 0 Å². The van der Waals surface area contributed by atoms with Crippen molar-refractivity contribution >= 4 is 17.5 Å². The van der Waals surface area contributed by atoms with Gasteiger partial charge in [-0.05, 0) is 43.1 Å². The van der Waals surface area contributed by atoms with Crippen molar-refractivity contribution in [3.8, 4) is 12.1 Å². The molecule has 1 N–H and O–H groups in total. The Kier molecular flexibility index (Phi) is 4.90. The molecule has 108 valence electrons. The summed E-state index contributed by atoms with van der Waals surface area (Å²) >= 11 is 5.84. The van der Waals surface area contributed by atoms with Gasteiger partial charge in [0.25, 0.3) is 0 Å². The van der Waals surface area contributed by atoms with Crippen LogP contribution in [-0.4, -0.2) is 21.6 Å². The fourth-order valence-electron chi connectivity index (χ4n) is 1.71. The second-order valence-corrected chi connectivity index (χ2v) is 4.58. The third kappa shape index (κ3) is 4.04. The minimum atomic E-state index is -0.0503. The Morgan fingerprint density at radius 2 is 2.00 bits per heavy atom. The van der Waals surface area contributed by atoms with Gasteiger partial charge in [0.05, 0.1) is 24.3 Å². The third-order valence-corrected chi connectivity index (χ3v) is 2.92. The zero-order valence-corrected chi connectivity index (χ0v) is 12.4. The van der Waals surface area contributed by atoms with Crippen LogP contribution in [0.25, 0.3) is 0 Å². The summed E-state index contributed by atoms with van der Waals surface area (Å²) in [5, 5.41) is 12.0. The molecule has 0 bridgehead atoms. The van der Waals surface area contributed by atoms with Crippen molar-refractivity contribution in [2.75, 3.05) is 11.9 Å². The van der Waals surface area contributed by atoms with E-state index in [1.807, 2.05) is 26.0 Å². The predicted octanol–water partition coefficient (Wildman–Crippen LogP) is 2.97. The van der Waals surface area contributed by atoms with Gasteiger partial charge in [-0.3, -0.25) is 0 Å². The number of nitrogens with one attached hydrogen (secondary N) is 1. The van der Waals surface area contributed by atoms with Crippen molar-refractivity contribution in [3.05, 3.63) is 40.7 Å². The number of halogens is 1. The summed E-state index contributed by atoms with van der Waals surface area (Å²) in [6.07, 6.45) is 0. The molecule has 0 saturated heterocycles. The zero-order chi connectivity index (χ0) is 15.2. The van der Waals surface area contributed by atoms with Crippen molar-refractivity contribution in [2.45, 2.75) is 19.9 Å². The second kappa shape index (κ2) is 6.86. The van der Waals surface area contributed by atoms with Gasteiger partial charge in [0.1, 0.15) is 0 Å². The SMILES string of the molecule is CCOc1nc(Cl)nc(NC(C)c2ccc(C#N)cc2)n1. The van der Waals surface area contributed by atoms with Crippen LogP contribution in [0, 0.1) is 11.3 Å². The van der Waals surface area contributed by atoms with Gasteiger partial charge >= 0.3 is 6.01 Å². The Labute approximate surface area is 127 Å². The Bertz CT molecular complexity index is 653. The largest absolute Gasteiger partial charge is 0.464 e. The van der Waals surface area contributed by atoms with Gasteiger partial charge in [-0.25, -0.2) is 0 Å². The summed E-state index contributed by atoms with van der Waals surface area (Å²) in [7, 11) is 0. The van der Waals surface area contributed by atoms with E-state index in [2.05, 4.69) is 26.3 Å². The summed E-state index contributed by atoms with van der Waals surface area (Å²) in [4.78, 5) is 12.0. The van der Waals surface area contributed by atoms with Gasteiger partial charge in [-0.1, -0.05) is 12.1 Å². The molecule has 0 radical (unpaired) electrons. The molecule has 1 unspecified atom stereocenters. The molecule has 2 rings (SSSR count). The molecule has 21 heavy (non-hydrogen) atoms. The molecule has 2 aromatic rings. The minimum Gasteiger partial charge on any atom is -0.464 e. The topological polar surface area (TPSA) is 83.7 Å². The van der Waals surface area contributed by atoms with Gasteiger partial charge in [0, 0.05) is 0 Å². The molecule has 6 nitrogen and oxygen atoms in total. The monoisotopic (exact) mass is 303 g/mol. The minimum absolute atomic E-state index is 0.0503. The molecule has 0 aliphatic heterocycles. The van der Waals surface area contributed by atoms with E-state index in [-0.39, 0.29) is 17.3 Å². The maximum absolute atomic E-state index is 8.79. The lowest BCUT2D eigenvalue weighted by Gasteiger charge is -2.14. The average Bonchev–Trinajstić information content (AvgIpc) is 2.47. The van der Waals surface area contributed by atoms with Crippen LogP contribution in [-0.2, 0) is 0 Å². The van der Waals surface area contributed by atoms with E-state index in [1.54, 1.807) is 12.1 Å². The maximum atomic E-state index is 8.79. The summed E-state index contributed by atoms with van der Waals surface area (Å²) < 4.78 is 5.22. The van der Waals surface area contributed by atoms with Crippen molar-refractivity contribution < 1.29 is 4.74 Å². The lowest BCUT2D eigenvalue weighted by atomic mass is 10.1. The van der Waals surface area contributed by atoms with E-state index in [0.717, 1.165) is 5.56 Å². The average molecular weight is 304 g/mol. The third-order valence-electron chi connectivity index (χ3n) is 2.75. The van der Waals surface area contributed by atoms with E-state index in [0.29, 0.717) is 18.1 Å². The Morgan fingerprint density at radius 1 is 1.29 bits per heavy atom. The number of aromatic nitrogens is 3. The van der Waals surface area contributed by atoms with Crippen molar-refractivity contribution in [1.29, 1.82) is 5.26 Å². The van der Waals surface area contributed by atoms with Gasteiger partial charge < -0.3 is 10.1 Å². The Balaban J connectivity index is 2.14. The summed E-state index contributed by atoms with van der Waals surface area (Å²) in [5.74, 6) is 0.343. The molecule has 0 fully saturated rings. The van der Waals surface area contributed by atoms with E-state index >= 15 is 0 Å². The molecule has 1 atom stereocenters. The highest BCUT2D eigenvalue weighted by atomic mass is 35.5. The first-order valence-electron chi connectivity index (χ1n) is 6.43. The number of rotatable bonds is 5. The van der Waals surface area contributed by atoms with Crippen LogP contribution in [0.1, 0.15) is 31.0 Å². The molecule has 1 aromatic heterocycles. The molecule has 7 heteroatoms. The predicted molar refractivity (Wildman–Crippen MR) is 79.2 cm³/mol. The molecule has 0 amide bonds. The highest BCUT2D eigenvalue weighted by Gasteiger charge is 2.10. The van der Waals surface area contributed by atoms with Crippen LogP contribution in [0.15, 0.2) is 24.3 Å². The fourth-order valence-corrected chi connectivity index (χ4v) is 1.87. The number of hydrogen-bond donors (Lipinski definition) is 1. The van der Waals surface area contributed by atoms with Crippen molar-refractivity contribution in [3.63, 3.8) is 0 Å². The van der Waals surface area contributed by atoms with E-state index in [9.17, 15) is 0 Å². The number of hydrogen-bond acceptors (Lipinski definition) is 6. The molecule has 0 spiro atoms. The molecular formula is C14H14ClN5O. The summed E-state index contributed by atoms with van der Waals surface area (Å²) in [6, 6.07) is 9.50. The molecular weight excluding hydrogens is 290 g/mol. The number of anilines is 1. The van der Waals surface area contributed by atoms with Gasteiger partial charge in [0.15, 0.2) is 0 Å². The Hall–Kier alpha value is -2.39. The van der Waals surface area contributed by atoms with Gasteiger partial charge in [0.2, 0.25) is 11.2 Å². The lowest BCUT2D eigenvalue weighted by Crippen LogP contribution is -2.11. The molecule has 1 aromatic carbocycles. The van der Waals surface area contributed by atoms with Crippen LogP contribution in [0.3, 0.4) is 0 Å². The highest BCUT2D eigenvalue weighted by Crippen LogP contribution is 2.19. The highest BCUT2D eigenvalue weighted by molar-refractivity contribution is 6.28. The standard InChI is InChI=1S/C14H14ClN5O/c1-3-21-14-19-12(15)18-13(20-14)17-9(2)11-6-4-10(8-16)5-7-11/h4-7,9H,3H2,1-2H3,(H,17,18,19,20). The van der Waals surface area contributed by atoms with Crippen molar-refractivity contribution in [1.82, 2.24) is 15.0 Å².